The molecule has 0 atom stereocenters. The third kappa shape index (κ3) is 8.00. The fraction of sp³-hybridized carbons (Fsp3) is 0.381. The van der Waals surface area contributed by atoms with E-state index in [1.165, 1.54) is 5.56 Å². The van der Waals surface area contributed by atoms with E-state index in [1.54, 1.807) is 12.1 Å². The van der Waals surface area contributed by atoms with Crippen molar-refractivity contribution >= 4 is 33.0 Å². The zero-order chi connectivity index (χ0) is 21.5. The lowest BCUT2D eigenvalue weighted by atomic mass is 9.87. The standard InChI is InChI=1S/C21H30N4O2S2/c1-21(2,3)18-8-4-16(5-9-18)14-23-20(28)24-15-17-6-10-19(11-7-17)25-29(26,27)13-12-22/h4-11,25H,12-15,22H2,1-3H3,(H2,23,24,28). The highest BCUT2D eigenvalue weighted by molar-refractivity contribution is 7.92. The van der Waals surface area contributed by atoms with Gasteiger partial charge in [0.05, 0.1) is 5.75 Å². The van der Waals surface area contributed by atoms with Crippen molar-refractivity contribution < 1.29 is 8.42 Å². The van der Waals surface area contributed by atoms with Gasteiger partial charge in [0.15, 0.2) is 5.11 Å². The zero-order valence-electron chi connectivity index (χ0n) is 17.2. The summed E-state index contributed by atoms with van der Waals surface area (Å²) in [6.07, 6.45) is 0. The molecule has 8 heteroatoms. The van der Waals surface area contributed by atoms with Crippen molar-refractivity contribution in [3.05, 3.63) is 65.2 Å². The molecule has 5 N–H and O–H groups in total. The molecule has 2 rings (SSSR count). The van der Waals surface area contributed by atoms with Gasteiger partial charge in [-0.1, -0.05) is 57.2 Å². The van der Waals surface area contributed by atoms with Gasteiger partial charge in [-0.15, -0.1) is 0 Å². The van der Waals surface area contributed by atoms with Crippen LogP contribution in [0.2, 0.25) is 0 Å². The molecule has 0 radical (unpaired) electrons. The summed E-state index contributed by atoms with van der Waals surface area (Å²) in [6.45, 7) is 7.87. The predicted molar refractivity (Wildman–Crippen MR) is 124 cm³/mol. The minimum atomic E-state index is -3.39. The molecular formula is C21H30N4O2S2. The van der Waals surface area contributed by atoms with E-state index in [9.17, 15) is 8.42 Å². The minimum Gasteiger partial charge on any atom is -0.359 e. The summed E-state index contributed by atoms with van der Waals surface area (Å²) >= 11 is 5.34. The molecule has 2 aromatic carbocycles. The Balaban J connectivity index is 1.79. The van der Waals surface area contributed by atoms with Crippen LogP contribution < -0.4 is 21.1 Å². The van der Waals surface area contributed by atoms with Gasteiger partial charge in [0.25, 0.3) is 0 Å². The Morgan fingerprint density at radius 3 is 1.86 bits per heavy atom. The van der Waals surface area contributed by atoms with Gasteiger partial charge in [-0.05, 0) is 46.5 Å². The summed E-state index contributed by atoms with van der Waals surface area (Å²) in [5, 5.41) is 6.93. The van der Waals surface area contributed by atoms with Gasteiger partial charge in [0.2, 0.25) is 10.0 Å². The monoisotopic (exact) mass is 434 g/mol. The molecule has 0 bridgehead atoms. The Bertz CT molecular complexity index is 903. The fourth-order valence-corrected chi connectivity index (χ4v) is 3.68. The van der Waals surface area contributed by atoms with E-state index in [0.29, 0.717) is 23.9 Å². The number of sulfonamides is 1. The van der Waals surface area contributed by atoms with Crippen LogP contribution in [0.25, 0.3) is 0 Å². The number of benzene rings is 2. The second-order valence-corrected chi connectivity index (χ2v) is 10.1. The molecule has 6 nitrogen and oxygen atoms in total. The first-order valence-electron chi connectivity index (χ1n) is 9.50. The molecule has 29 heavy (non-hydrogen) atoms. The second-order valence-electron chi connectivity index (χ2n) is 7.89. The van der Waals surface area contributed by atoms with Crippen LogP contribution in [0.4, 0.5) is 5.69 Å². The maximum Gasteiger partial charge on any atom is 0.233 e. The van der Waals surface area contributed by atoms with Gasteiger partial charge in [-0.2, -0.15) is 0 Å². The molecule has 158 valence electrons. The summed E-state index contributed by atoms with van der Waals surface area (Å²) in [6, 6.07) is 15.7. The number of thiocarbonyl (C=S) groups is 1. The smallest absolute Gasteiger partial charge is 0.233 e. The molecule has 0 unspecified atom stereocenters. The molecular weight excluding hydrogens is 404 g/mol. The Labute approximate surface area is 179 Å². The molecule has 0 saturated carbocycles. The zero-order valence-corrected chi connectivity index (χ0v) is 18.8. The van der Waals surface area contributed by atoms with Crippen LogP contribution in [-0.4, -0.2) is 25.8 Å². The van der Waals surface area contributed by atoms with Crippen LogP contribution in [0, 0.1) is 0 Å². The van der Waals surface area contributed by atoms with Crippen molar-refractivity contribution in [1.29, 1.82) is 0 Å². The van der Waals surface area contributed by atoms with E-state index in [0.717, 1.165) is 11.1 Å². The molecule has 0 heterocycles. The third-order valence-electron chi connectivity index (χ3n) is 4.34. The van der Waals surface area contributed by atoms with Gasteiger partial charge in [-0.3, -0.25) is 4.72 Å². The average molecular weight is 435 g/mol. The molecule has 0 fully saturated rings. The first-order chi connectivity index (χ1) is 13.6. The van der Waals surface area contributed by atoms with E-state index in [2.05, 4.69) is 60.4 Å². The van der Waals surface area contributed by atoms with Crippen molar-refractivity contribution in [2.45, 2.75) is 39.3 Å². The second kappa shape index (κ2) is 10.0. The SMILES string of the molecule is CC(C)(C)c1ccc(CNC(=S)NCc2ccc(NS(=O)(=O)CCN)cc2)cc1. The first-order valence-corrected chi connectivity index (χ1v) is 11.6. The number of nitrogens with one attached hydrogen (secondary N) is 3. The van der Waals surface area contributed by atoms with E-state index in [-0.39, 0.29) is 17.7 Å². The highest BCUT2D eigenvalue weighted by Crippen LogP contribution is 2.22. The summed E-state index contributed by atoms with van der Waals surface area (Å²) in [5.74, 6) is -0.102. The van der Waals surface area contributed by atoms with Gasteiger partial charge in [0.1, 0.15) is 0 Å². The van der Waals surface area contributed by atoms with E-state index >= 15 is 0 Å². The van der Waals surface area contributed by atoms with Gasteiger partial charge >= 0.3 is 0 Å². The predicted octanol–water partition coefficient (Wildman–Crippen LogP) is 2.85. The van der Waals surface area contributed by atoms with Crippen LogP contribution in [0.5, 0.6) is 0 Å². The number of hydrogen-bond acceptors (Lipinski definition) is 4. The largest absolute Gasteiger partial charge is 0.359 e. The van der Waals surface area contributed by atoms with Crippen molar-refractivity contribution in [1.82, 2.24) is 10.6 Å². The highest BCUT2D eigenvalue weighted by Gasteiger charge is 2.12. The Morgan fingerprint density at radius 1 is 0.931 bits per heavy atom. The van der Waals surface area contributed by atoms with Crippen molar-refractivity contribution in [2.24, 2.45) is 5.73 Å². The molecule has 0 amide bonds. The van der Waals surface area contributed by atoms with Gasteiger partial charge in [-0.25, -0.2) is 8.42 Å². The van der Waals surface area contributed by atoms with E-state index in [4.69, 9.17) is 18.0 Å². The molecule has 0 aliphatic rings. The summed E-state index contributed by atoms with van der Waals surface area (Å²) in [5.41, 5.74) is 9.41. The number of rotatable bonds is 8. The van der Waals surface area contributed by atoms with E-state index in [1.807, 2.05) is 12.1 Å². The Hall–Kier alpha value is -2.16. The molecule has 0 saturated heterocycles. The van der Waals surface area contributed by atoms with Crippen LogP contribution in [0.3, 0.4) is 0 Å². The molecule has 0 aromatic heterocycles. The molecule has 2 aromatic rings. The molecule has 0 spiro atoms. The van der Waals surface area contributed by atoms with Crippen LogP contribution >= 0.6 is 12.2 Å². The summed E-state index contributed by atoms with van der Waals surface area (Å²) < 4.78 is 26.0. The van der Waals surface area contributed by atoms with Crippen molar-refractivity contribution in [3.8, 4) is 0 Å². The normalized spacial score (nSPS) is 11.7. The summed E-state index contributed by atoms with van der Waals surface area (Å²) in [4.78, 5) is 0. The Morgan fingerprint density at radius 2 is 1.41 bits per heavy atom. The van der Waals surface area contributed by atoms with Gasteiger partial charge in [0, 0.05) is 25.3 Å². The lowest BCUT2D eigenvalue weighted by Crippen LogP contribution is -2.34. The van der Waals surface area contributed by atoms with Crippen LogP contribution in [0.15, 0.2) is 48.5 Å². The van der Waals surface area contributed by atoms with E-state index < -0.39 is 10.0 Å². The van der Waals surface area contributed by atoms with Crippen LogP contribution in [-0.2, 0) is 28.5 Å². The third-order valence-corrected chi connectivity index (χ3v) is 5.95. The quantitative estimate of drug-likeness (QED) is 0.477. The van der Waals surface area contributed by atoms with Crippen LogP contribution in [0.1, 0.15) is 37.5 Å². The average Bonchev–Trinajstić information content (AvgIpc) is 2.65. The number of hydrogen-bond donors (Lipinski definition) is 4. The minimum absolute atomic E-state index is 0.0858. The van der Waals surface area contributed by atoms with Crippen molar-refractivity contribution in [2.75, 3.05) is 17.0 Å². The molecule has 0 aliphatic carbocycles. The maximum absolute atomic E-state index is 11.7. The lowest BCUT2D eigenvalue weighted by Gasteiger charge is -2.19. The highest BCUT2D eigenvalue weighted by atomic mass is 32.2. The first kappa shape index (κ1) is 23.1. The van der Waals surface area contributed by atoms with Gasteiger partial charge < -0.3 is 16.4 Å². The van der Waals surface area contributed by atoms with Crippen molar-refractivity contribution in [3.63, 3.8) is 0 Å². The fourth-order valence-electron chi connectivity index (χ4n) is 2.63. The number of nitrogens with two attached hydrogens (primary N) is 1. The lowest BCUT2D eigenvalue weighted by molar-refractivity contribution is 0.590. The maximum atomic E-state index is 11.7. The summed E-state index contributed by atoms with van der Waals surface area (Å²) in [7, 11) is -3.39. The number of anilines is 1. The topological polar surface area (TPSA) is 96.2 Å². The Kier molecular flexibility index (Phi) is 8.01. The molecule has 0 aliphatic heterocycles.